The summed E-state index contributed by atoms with van der Waals surface area (Å²) in [5.74, 6) is 2.50. The van der Waals surface area contributed by atoms with Crippen LogP contribution in [0.1, 0.15) is 44.1 Å². The molecule has 1 heterocycles. The van der Waals surface area contributed by atoms with Crippen LogP contribution in [0, 0.1) is 23.2 Å². The van der Waals surface area contributed by atoms with E-state index in [1.54, 1.807) is 7.11 Å². The molecule has 0 radical (unpaired) electrons. The molecular weight excluding hydrogens is 484 g/mol. The number of methoxy groups -OCH3 is 1. The maximum absolute atomic E-state index is 13.8. The standard InChI is InChI=1S/C29H32N4O3S/c1-36-23-9-5-8-22(14-23)26-32-33-28(37-26)31-25(34)24(13-18-6-3-2-4-7-18)30-27(35)29-15-19-10-20(16-29)12-21(11-19)17-29/h2-9,14,19-21,24H,10-13,15-17H2,1H3,(H,30,35)(H,31,33,34). The molecule has 8 heteroatoms. The van der Waals surface area contributed by atoms with Crippen LogP contribution < -0.4 is 15.4 Å². The van der Waals surface area contributed by atoms with Crippen LogP contribution in [0.3, 0.4) is 0 Å². The number of benzene rings is 2. The van der Waals surface area contributed by atoms with Crippen molar-refractivity contribution in [1.29, 1.82) is 0 Å². The fourth-order valence-corrected chi connectivity index (χ4v) is 7.84. The fraction of sp³-hybridized carbons (Fsp3) is 0.448. The topological polar surface area (TPSA) is 93.2 Å². The highest BCUT2D eigenvalue weighted by molar-refractivity contribution is 7.18. The van der Waals surface area contributed by atoms with Crippen molar-refractivity contribution in [2.45, 2.75) is 51.0 Å². The molecule has 4 aliphatic carbocycles. The molecule has 192 valence electrons. The van der Waals surface area contributed by atoms with Gasteiger partial charge in [-0.1, -0.05) is 53.8 Å². The van der Waals surface area contributed by atoms with Crippen molar-refractivity contribution in [2.75, 3.05) is 12.4 Å². The van der Waals surface area contributed by atoms with E-state index in [4.69, 9.17) is 4.74 Å². The van der Waals surface area contributed by atoms with Gasteiger partial charge in [-0.2, -0.15) is 0 Å². The average molecular weight is 517 g/mol. The van der Waals surface area contributed by atoms with Gasteiger partial charge in [0.1, 0.15) is 16.8 Å². The summed E-state index contributed by atoms with van der Waals surface area (Å²) < 4.78 is 5.31. The summed E-state index contributed by atoms with van der Waals surface area (Å²) in [6.07, 6.45) is 7.13. The van der Waals surface area contributed by atoms with Crippen LogP contribution in [0.15, 0.2) is 54.6 Å². The maximum atomic E-state index is 13.8. The molecule has 2 amide bonds. The maximum Gasteiger partial charge on any atom is 0.249 e. The first-order valence-electron chi connectivity index (χ1n) is 13.1. The first-order chi connectivity index (χ1) is 18.0. The molecule has 7 rings (SSSR count). The van der Waals surface area contributed by atoms with Crippen molar-refractivity contribution >= 4 is 28.3 Å². The first-order valence-corrected chi connectivity index (χ1v) is 13.9. The lowest BCUT2D eigenvalue weighted by Crippen LogP contribution is -2.57. The van der Waals surface area contributed by atoms with Crippen LogP contribution in [0.5, 0.6) is 5.75 Å². The van der Waals surface area contributed by atoms with Crippen molar-refractivity contribution in [3.63, 3.8) is 0 Å². The first kappa shape index (κ1) is 24.1. The minimum absolute atomic E-state index is 0.0528. The Kier molecular flexibility index (Phi) is 6.44. The molecule has 4 saturated carbocycles. The molecule has 7 nitrogen and oxygen atoms in total. The Labute approximate surface area is 221 Å². The normalized spacial score (nSPS) is 26.5. The van der Waals surface area contributed by atoms with Gasteiger partial charge in [0, 0.05) is 17.4 Å². The Morgan fingerprint density at radius 1 is 1.00 bits per heavy atom. The number of nitrogens with one attached hydrogen (secondary N) is 2. The molecule has 0 aliphatic heterocycles. The van der Waals surface area contributed by atoms with Gasteiger partial charge in [0.05, 0.1) is 7.11 Å². The Bertz CT molecular complexity index is 1260. The largest absolute Gasteiger partial charge is 0.497 e. The second-order valence-electron chi connectivity index (χ2n) is 11.0. The third-order valence-corrected chi connectivity index (χ3v) is 9.28. The van der Waals surface area contributed by atoms with Gasteiger partial charge >= 0.3 is 0 Å². The molecule has 0 saturated heterocycles. The summed E-state index contributed by atoms with van der Waals surface area (Å²) in [7, 11) is 1.62. The number of carbonyl (C=O) groups is 2. The second kappa shape index (κ2) is 9.89. The molecule has 2 N–H and O–H groups in total. The van der Waals surface area contributed by atoms with Crippen LogP contribution in [-0.2, 0) is 16.0 Å². The lowest BCUT2D eigenvalue weighted by molar-refractivity contribution is -0.148. The van der Waals surface area contributed by atoms with E-state index < -0.39 is 6.04 Å². The number of carbonyl (C=O) groups excluding carboxylic acids is 2. The van der Waals surface area contributed by atoms with E-state index in [1.165, 1.54) is 30.6 Å². The van der Waals surface area contributed by atoms with Crippen LogP contribution in [-0.4, -0.2) is 35.2 Å². The lowest BCUT2D eigenvalue weighted by Gasteiger charge is -2.55. The third-order valence-electron chi connectivity index (χ3n) is 8.40. The molecule has 1 atom stereocenters. The number of amides is 2. The molecule has 4 aliphatic rings. The van der Waals surface area contributed by atoms with Crippen molar-refractivity contribution in [2.24, 2.45) is 23.2 Å². The van der Waals surface area contributed by atoms with Crippen LogP contribution >= 0.6 is 11.3 Å². The van der Waals surface area contributed by atoms with Gasteiger partial charge in [-0.05, 0) is 74.0 Å². The van der Waals surface area contributed by atoms with E-state index in [2.05, 4.69) is 20.8 Å². The minimum Gasteiger partial charge on any atom is -0.497 e. The third kappa shape index (κ3) is 4.99. The van der Waals surface area contributed by atoms with Gasteiger partial charge in [-0.15, -0.1) is 10.2 Å². The van der Waals surface area contributed by atoms with E-state index in [1.807, 2.05) is 54.6 Å². The second-order valence-corrected chi connectivity index (χ2v) is 12.0. The van der Waals surface area contributed by atoms with Crippen molar-refractivity contribution in [3.8, 4) is 16.3 Å². The number of nitrogens with zero attached hydrogens (tertiary/aromatic N) is 2. The van der Waals surface area contributed by atoms with Gasteiger partial charge in [0.15, 0.2) is 0 Å². The number of aromatic nitrogens is 2. The van der Waals surface area contributed by atoms with Crippen molar-refractivity contribution in [3.05, 3.63) is 60.2 Å². The van der Waals surface area contributed by atoms with Gasteiger partial charge in [-0.3, -0.25) is 14.9 Å². The summed E-state index contributed by atoms with van der Waals surface area (Å²) >= 11 is 1.30. The summed E-state index contributed by atoms with van der Waals surface area (Å²) in [6.45, 7) is 0. The van der Waals surface area contributed by atoms with Gasteiger partial charge in [0.2, 0.25) is 16.9 Å². The van der Waals surface area contributed by atoms with E-state index in [-0.39, 0.29) is 17.2 Å². The summed E-state index contributed by atoms with van der Waals surface area (Å²) in [4.78, 5) is 27.3. The molecule has 3 aromatic rings. The minimum atomic E-state index is -0.688. The molecule has 2 aromatic carbocycles. The highest BCUT2D eigenvalue weighted by Gasteiger charge is 2.55. The highest BCUT2D eigenvalue weighted by Crippen LogP contribution is 2.60. The fourth-order valence-electron chi connectivity index (χ4n) is 7.10. The van der Waals surface area contributed by atoms with E-state index >= 15 is 0 Å². The molecule has 4 bridgehead atoms. The van der Waals surface area contributed by atoms with E-state index in [0.717, 1.165) is 36.1 Å². The molecular formula is C29H32N4O3S. The van der Waals surface area contributed by atoms with Gasteiger partial charge in [-0.25, -0.2) is 0 Å². The SMILES string of the molecule is COc1cccc(-c2nnc(NC(=O)C(Cc3ccccc3)NC(=O)C34CC5CC(CC(C5)C3)C4)s2)c1. The zero-order valence-corrected chi connectivity index (χ0v) is 21.8. The number of rotatable bonds is 8. The summed E-state index contributed by atoms with van der Waals surface area (Å²) in [5, 5.41) is 15.7. The number of hydrogen-bond acceptors (Lipinski definition) is 6. The Morgan fingerprint density at radius 3 is 2.38 bits per heavy atom. The predicted octanol–water partition coefficient (Wildman–Crippen LogP) is 5.10. The van der Waals surface area contributed by atoms with Crippen LogP contribution in [0.2, 0.25) is 0 Å². The molecule has 4 fully saturated rings. The number of anilines is 1. The molecule has 37 heavy (non-hydrogen) atoms. The van der Waals surface area contributed by atoms with Crippen LogP contribution in [0.4, 0.5) is 5.13 Å². The Hall–Kier alpha value is -3.26. The Morgan fingerprint density at radius 2 is 1.70 bits per heavy atom. The predicted molar refractivity (Wildman–Crippen MR) is 143 cm³/mol. The Balaban J connectivity index is 1.20. The molecule has 1 aromatic heterocycles. The molecule has 1 unspecified atom stereocenters. The zero-order chi connectivity index (χ0) is 25.4. The quantitative estimate of drug-likeness (QED) is 0.435. The highest BCUT2D eigenvalue weighted by atomic mass is 32.1. The monoisotopic (exact) mass is 516 g/mol. The van der Waals surface area contributed by atoms with Crippen molar-refractivity contribution < 1.29 is 14.3 Å². The van der Waals surface area contributed by atoms with E-state index in [0.29, 0.717) is 34.3 Å². The van der Waals surface area contributed by atoms with Crippen molar-refractivity contribution in [1.82, 2.24) is 15.5 Å². The summed E-state index contributed by atoms with van der Waals surface area (Å²) in [6, 6.07) is 16.7. The number of ether oxygens (including phenoxy) is 1. The van der Waals surface area contributed by atoms with E-state index in [9.17, 15) is 9.59 Å². The van der Waals surface area contributed by atoms with Gasteiger partial charge in [0.25, 0.3) is 0 Å². The summed E-state index contributed by atoms with van der Waals surface area (Å²) in [5.41, 5.74) is 1.56. The number of hydrogen-bond donors (Lipinski definition) is 2. The smallest absolute Gasteiger partial charge is 0.249 e. The van der Waals surface area contributed by atoms with Crippen LogP contribution in [0.25, 0.3) is 10.6 Å². The lowest BCUT2D eigenvalue weighted by atomic mass is 9.49. The molecule has 0 spiro atoms. The van der Waals surface area contributed by atoms with Gasteiger partial charge < -0.3 is 10.1 Å². The zero-order valence-electron chi connectivity index (χ0n) is 21.0. The average Bonchev–Trinajstić information content (AvgIpc) is 3.36.